The van der Waals surface area contributed by atoms with E-state index >= 15 is 0 Å². The lowest BCUT2D eigenvalue weighted by Crippen LogP contribution is -2.36. The van der Waals surface area contributed by atoms with Gasteiger partial charge in [-0.1, -0.05) is 0 Å². The molecule has 126 valence electrons. The molecule has 9 heteroatoms. The molecular formula is C14H19N3O6. The first kappa shape index (κ1) is 18.2. The van der Waals surface area contributed by atoms with Crippen LogP contribution < -0.4 is 25.8 Å². The summed E-state index contributed by atoms with van der Waals surface area (Å²) in [6.45, 7) is -0.512. The number of methoxy groups -OCH3 is 3. The summed E-state index contributed by atoms with van der Waals surface area (Å²) in [5.41, 5.74) is 5.38. The quantitative estimate of drug-likeness (QED) is 0.576. The van der Waals surface area contributed by atoms with Gasteiger partial charge >= 0.3 is 5.97 Å². The van der Waals surface area contributed by atoms with Crippen molar-refractivity contribution in [3.63, 3.8) is 0 Å². The first-order valence-electron chi connectivity index (χ1n) is 6.57. The monoisotopic (exact) mass is 325 g/mol. The van der Waals surface area contributed by atoms with Crippen LogP contribution in [0.15, 0.2) is 12.1 Å². The van der Waals surface area contributed by atoms with E-state index in [0.29, 0.717) is 11.5 Å². The largest absolute Gasteiger partial charge is 0.493 e. The molecule has 0 fully saturated rings. The predicted octanol–water partition coefficient (Wildman–Crippen LogP) is -0.496. The number of anilines is 1. The molecule has 0 aliphatic carbocycles. The molecule has 0 saturated carbocycles. The van der Waals surface area contributed by atoms with E-state index in [1.54, 1.807) is 0 Å². The number of nitrogens with two attached hydrogens (primary N) is 1. The van der Waals surface area contributed by atoms with Gasteiger partial charge in [-0.2, -0.15) is 0 Å². The van der Waals surface area contributed by atoms with E-state index < -0.39 is 17.8 Å². The van der Waals surface area contributed by atoms with E-state index in [-0.39, 0.29) is 24.3 Å². The van der Waals surface area contributed by atoms with E-state index in [0.717, 1.165) is 0 Å². The molecule has 1 rings (SSSR count). The van der Waals surface area contributed by atoms with Crippen molar-refractivity contribution in [2.45, 2.75) is 0 Å². The molecule has 1 aromatic rings. The maximum atomic E-state index is 11.9. The summed E-state index contributed by atoms with van der Waals surface area (Å²) in [5.74, 6) is -1.04. The van der Waals surface area contributed by atoms with E-state index in [1.807, 2.05) is 0 Å². The highest BCUT2D eigenvalue weighted by Crippen LogP contribution is 2.33. The average Bonchev–Trinajstić information content (AvgIpc) is 2.58. The lowest BCUT2D eigenvalue weighted by Gasteiger charge is -2.14. The molecule has 0 unspecified atom stereocenters. The van der Waals surface area contributed by atoms with Gasteiger partial charge in [-0.15, -0.1) is 0 Å². The van der Waals surface area contributed by atoms with Crippen LogP contribution in [0.2, 0.25) is 0 Å². The smallest absolute Gasteiger partial charge is 0.340 e. The van der Waals surface area contributed by atoms with Crippen LogP contribution in [0.3, 0.4) is 0 Å². The van der Waals surface area contributed by atoms with Gasteiger partial charge in [0.05, 0.1) is 45.7 Å². The molecule has 0 bridgehead atoms. The summed E-state index contributed by atoms with van der Waals surface area (Å²) in [6.07, 6.45) is 0. The van der Waals surface area contributed by atoms with Crippen molar-refractivity contribution in [1.82, 2.24) is 5.32 Å². The molecular weight excluding hydrogens is 306 g/mol. The van der Waals surface area contributed by atoms with Gasteiger partial charge in [0.1, 0.15) is 0 Å². The highest BCUT2D eigenvalue weighted by molar-refractivity contribution is 6.03. The number of hydrogen-bond acceptors (Lipinski definition) is 7. The topological polar surface area (TPSA) is 129 Å². The Bertz CT molecular complexity index is 602. The second-order valence-corrected chi connectivity index (χ2v) is 4.27. The van der Waals surface area contributed by atoms with Gasteiger partial charge in [0.25, 0.3) is 0 Å². The summed E-state index contributed by atoms with van der Waals surface area (Å²) in [6, 6.07) is 2.81. The number of nitrogens with one attached hydrogen (secondary N) is 2. The highest BCUT2D eigenvalue weighted by Gasteiger charge is 2.19. The lowest BCUT2D eigenvalue weighted by molar-refractivity contribution is -0.123. The third-order valence-electron chi connectivity index (χ3n) is 2.83. The Morgan fingerprint density at radius 2 is 1.65 bits per heavy atom. The lowest BCUT2D eigenvalue weighted by atomic mass is 10.1. The normalized spacial score (nSPS) is 9.74. The van der Waals surface area contributed by atoms with E-state index in [1.165, 1.54) is 33.5 Å². The molecule has 0 aliphatic heterocycles. The Morgan fingerprint density at radius 3 is 2.17 bits per heavy atom. The number of carbonyl (C=O) groups is 3. The van der Waals surface area contributed by atoms with Crippen LogP contribution in [0.5, 0.6) is 11.5 Å². The number of benzene rings is 1. The van der Waals surface area contributed by atoms with Gasteiger partial charge in [0.2, 0.25) is 11.8 Å². The van der Waals surface area contributed by atoms with Gasteiger partial charge in [0.15, 0.2) is 11.5 Å². The summed E-state index contributed by atoms with van der Waals surface area (Å²) < 4.78 is 14.9. The zero-order valence-electron chi connectivity index (χ0n) is 13.1. The summed E-state index contributed by atoms with van der Waals surface area (Å²) in [4.78, 5) is 34.7. The highest BCUT2D eigenvalue weighted by atomic mass is 16.5. The van der Waals surface area contributed by atoms with E-state index in [9.17, 15) is 14.4 Å². The number of hydrogen-bond donors (Lipinski definition) is 3. The second kappa shape index (κ2) is 8.59. The first-order valence-corrected chi connectivity index (χ1v) is 6.57. The summed E-state index contributed by atoms with van der Waals surface area (Å²) in [7, 11) is 4.05. The SMILES string of the molecule is COC(=O)c1cc(OC)c(OC)cc1NC(=O)CNC(=O)CN. The van der Waals surface area contributed by atoms with Crippen molar-refractivity contribution in [1.29, 1.82) is 0 Å². The van der Waals surface area contributed by atoms with E-state index in [2.05, 4.69) is 15.4 Å². The Hall–Kier alpha value is -2.81. The van der Waals surface area contributed by atoms with Crippen molar-refractivity contribution in [3.8, 4) is 11.5 Å². The number of carbonyl (C=O) groups excluding carboxylic acids is 3. The van der Waals surface area contributed by atoms with Crippen molar-refractivity contribution in [3.05, 3.63) is 17.7 Å². The minimum atomic E-state index is -0.660. The third-order valence-corrected chi connectivity index (χ3v) is 2.83. The predicted molar refractivity (Wildman–Crippen MR) is 81.6 cm³/mol. The maximum absolute atomic E-state index is 11.9. The van der Waals surface area contributed by atoms with Crippen LogP contribution in [0.1, 0.15) is 10.4 Å². The minimum absolute atomic E-state index is 0.0867. The van der Waals surface area contributed by atoms with Crippen molar-refractivity contribution in [2.75, 3.05) is 39.7 Å². The van der Waals surface area contributed by atoms with Crippen LogP contribution in [0, 0.1) is 0 Å². The fourth-order valence-electron chi connectivity index (χ4n) is 1.71. The molecule has 0 spiro atoms. The fraction of sp³-hybridized carbons (Fsp3) is 0.357. The molecule has 2 amide bonds. The number of amides is 2. The fourth-order valence-corrected chi connectivity index (χ4v) is 1.71. The van der Waals surface area contributed by atoms with Crippen LogP contribution >= 0.6 is 0 Å². The first-order chi connectivity index (χ1) is 11.0. The van der Waals surface area contributed by atoms with Gasteiger partial charge in [-0.05, 0) is 0 Å². The van der Waals surface area contributed by atoms with Gasteiger partial charge in [0, 0.05) is 12.1 Å². The molecule has 9 nitrogen and oxygen atoms in total. The number of esters is 1. The van der Waals surface area contributed by atoms with Gasteiger partial charge < -0.3 is 30.6 Å². The minimum Gasteiger partial charge on any atom is -0.493 e. The Morgan fingerprint density at radius 1 is 1.04 bits per heavy atom. The maximum Gasteiger partial charge on any atom is 0.340 e. The van der Waals surface area contributed by atoms with Crippen LogP contribution in [-0.2, 0) is 14.3 Å². The Labute approximate surface area is 133 Å². The van der Waals surface area contributed by atoms with Crippen molar-refractivity contribution < 1.29 is 28.6 Å². The molecule has 1 aromatic carbocycles. The molecule has 0 atom stereocenters. The van der Waals surface area contributed by atoms with Gasteiger partial charge in [-0.25, -0.2) is 4.79 Å². The Kier molecular flexibility index (Phi) is 6.81. The van der Waals surface area contributed by atoms with Crippen molar-refractivity contribution >= 4 is 23.5 Å². The zero-order valence-corrected chi connectivity index (χ0v) is 13.1. The number of ether oxygens (including phenoxy) is 3. The standard InChI is InChI=1S/C14H19N3O6/c1-21-10-4-8(14(20)23-3)9(5-11(10)22-2)17-13(19)7-16-12(18)6-15/h4-5H,6-7,15H2,1-3H3,(H,16,18)(H,17,19). The molecule has 0 radical (unpaired) electrons. The van der Waals surface area contributed by atoms with Crippen molar-refractivity contribution in [2.24, 2.45) is 5.73 Å². The van der Waals surface area contributed by atoms with Gasteiger partial charge in [-0.3, -0.25) is 9.59 Å². The molecule has 23 heavy (non-hydrogen) atoms. The average molecular weight is 325 g/mol. The van der Waals surface area contributed by atoms with Crippen LogP contribution in [-0.4, -0.2) is 52.2 Å². The molecule has 0 aliphatic rings. The van der Waals surface area contributed by atoms with E-state index in [4.69, 9.17) is 15.2 Å². The Balaban J connectivity index is 3.05. The summed E-state index contributed by atoms with van der Waals surface area (Å²) in [5, 5.41) is 4.82. The zero-order chi connectivity index (χ0) is 17.4. The third kappa shape index (κ3) is 4.85. The van der Waals surface area contributed by atoms with Crippen LogP contribution in [0.25, 0.3) is 0 Å². The number of rotatable bonds is 7. The summed E-state index contributed by atoms with van der Waals surface area (Å²) >= 11 is 0. The molecule has 0 heterocycles. The van der Waals surface area contributed by atoms with Crippen LogP contribution in [0.4, 0.5) is 5.69 Å². The molecule has 0 saturated heterocycles. The second-order valence-electron chi connectivity index (χ2n) is 4.27. The molecule has 4 N–H and O–H groups in total. The molecule has 0 aromatic heterocycles.